The van der Waals surface area contributed by atoms with Crippen LogP contribution in [-0.2, 0) is 0 Å². The van der Waals surface area contributed by atoms with Crippen LogP contribution >= 0.6 is 13.5 Å². The van der Waals surface area contributed by atoms with Crippen molar-refractivity contribution in [1.29, 1.82) is 5.41 Å². The number of rotatable bonds is 3. The van der Waals surface area contributed by atoms with Crippen LogP contribution in [0.4, 0.5) is 0 Å². The van der Waals surface area contributed by atoms with Gasteiger partial charge in [0, 0.05) is 0 Å². The Bertz CT molecular complexity index is 845. The van der Waals surface area contributed by atoms with Gasteiger partial charge in [-0.25, -0.2) is 9.59 Å². The Kier molecular flexibility index (Phi) is 11.7. The van der Waals surface area contributed by atoms with Gasteiger partial charge in [0.1, 0.15) is 0 Å². The largest absolute Gasteiger partial charge is 0.478 e. The van der Waals surface area contributed by atoms with Gasteiger partial charge in [-0.3, -0.25) is 5.41 Å². The van der Waals surface area contributed by atoms with Crippen molar-refractivity contribution in [3.8, 4) is 11.1 Å². The topological polar surface area (TPSA) is 150 Å². The Labute approximate surface area is 175 Å². The molecule has 0 saturated heterocycles. The van der Waals surface area contributed by atoms with E-state index in [4.69, 9.17) is 15.6 Å². The molecular formula is C21H23N3O4S. The zero-order valence-electron chi connectivity index (χ0n) is 15.4. The number of hydrogen-bond acceptors (Lipinski definition) is 3. The summed E-state index contributed by atoms with van der Waals surface area (Å²) in [6, 6.07) is 26.3. The first-order valence-corrected chi connectivity index (χ1v) is 8.08. The van der Waals surface area contributed by atoms with E-state index < -0.39 is 11.9 Å². The monoisotopic (exact) mass is 413 g/mol. The maximum Gasteiger partial charge on any atom is 0.336 e. The summed E-state index contributed by atoms with van der Waals surface area (Å²) in [5.74, 6) is -2.79. The molecule has 0 aliphatic heterocycles. The van der Waals surface area contributed by atoms with E-state index in [9.17, 15) is 9.59 Å². The molecule has 7 nitrogen and oxygen atoms in total. The number of aromatic carboxylic acids is 2. The van der Waals surface area contributed by atoms with Crippen LogP contribution in [0.5, 0.6) is 0 Å². The lowest BCUT2D eigenvalue weighted by Crippen LogP contribution is -2.20. The average Bonchev–Trinajstić information content (AvgIpc) is 2.69. The number of nitrogens with one attached hydrogen (secondary N) is 1. The summed E-state index contributed by atoms with van der Waals surface area (Å²) < 4.78 is 0. The molecule has 0 aliphatic rings. The van der Waals surface area contributed by atoms with Gasteiger partial charge < -0.3 is 21.7 Å². The first kappa shape index (κ1) is 25.2. The van der Waals surface area contributed by atoms with Crippen LogP contribution in [0.1, 0.15) is 20.7 Å². The fourth-order valence-corrected chi connectivity index (χ4v) is 2.12. The Morgan fingerprint density at radius 1 is 0.621 bits per heavy atom. The van der Waals surface area contributed by atoms with Crippen molar-refractivity contribution in [2.75, 3.05) is 0 Å². The third kappa shape index (κ3) is 9.64. The highest BCUT2D eigenvalue weighted by molar-refractivity contribution is 7.59. The van der Waals surface area contributed by atoms with E-state index in [1.807, 2.05) is 12.1 Å². The normalized spacial score (nSPS) is 8.69. The van der Waals surface area contributed by atoms with Crippen molar-refractivity contribution in [2.45, 2.75) is 0 Å². The lowest BCUT2D eigenvalue weighted by molar-refractivity contribution is 0.0651. The first-order chi connectivity index (χ1) is 13.3. The summed E-state index contributed by atoms with van der Waals surface area (Å²) in [5, 5.41) is 23.2. The predicted octanol–water partition coefficient (Wildman–Crippen LogP) is 3.39. The predicted molar refractivity (Wildman–Crippen MR) is 119 cm³/mol. The van der Waals surface area contributed by atoms with Gasteiger partial charge in [-0.1, -0.05) is 72.8 Å². The van der Waals surface area contributed by atoms with Gasteiger partial charge in [0.05, 0.1) is 11.1 Å². The second kappa shape index (κ2) is 13.4. The molecule has 152 valence electrons. The molecule has 0 fully saturated rings. The molecule has 0 unspecified atom stereocenters. The highest BCUT2D eigenvalue weighted by Gasteiger charge is 2.13. The van der Waals surface area contributed by atoms with Crippen molar-refractivity contribution in [2.24, 2.45) is 11.5 Å². The summed E-state index contributed by atoms with van der Waals surface area (Å²) in [4.78, 5) is 20.9. The number of hydrogen-bond donors (Lipinski definition) is 5. The van der Waals surface area contributed by atoms with Crippen LogP contribution in [0, 0.1) is 5.41 Å². The number of nitrogens with two attached hydrogens (primary N) is 2. The summed E-state index contributed by atoms with van der Waals surface area (Å²) in [6.45, 7) is 0. The molecule has 0 heterocycles. The molecule has 3 aromatic carbocycles. The molecule has 8 heteroatoms. The third-order valence-electron chi connectivity index (χ3n) is 3.27. The van der Waals surface area contributed by atoms with Gasteiger partial charge in [-0.2, -0.15) is 13.5 Å². The average molecular weight is 413 g/mol. The minimum atomic E-state index is -1.23. The van der Waals surface area contributed by atoms with Gasteiger partial charge in [-0.15, -0.1) is 0 Å². The van der Waals surface area contributed by atoms with Gasteiger partial charge in [0.15, 0.2) is 5.96 Å². The van der Waals surface area contributed by atoms with Gasteiger partial charge in [-0.05, 0) is 23.3 Å². The smallest absolute Gasteiger partial charge is 0.336 e. The van der Waals surface area contributed by atoms with E-state index in [1.165, 1.54) is 35.4 Å². The highest BCUT2D eigenvalue weighted by Crippen LogP contribution is 2.17. The molecule has 3 rings (SSSR count). The van der Waals surface area contributed by atoms with E-state index in [2.05, 4.69) is 60.0 Å². The second-order valence-corrected chi connectivity index (χ2v) is 5.34. The number of carbonyl (C=O) groups is 2. The molecule has 0 spiro atoms. The lowest BCUT2D eigenvalue weighted by Gasteiger charge is -1.98. The summed E-state index contributed by atoms with van der Waals surface area (Å²) in [6.07, 6.45) is 0. The molecule has 0 amide bonds. The molecule has 29 heavy (non-hydrogen) atoms. The summed E-state index contributed by atoms with van der Waals surface area (Å²) in [5.41, 5.74) is 11.1. The fraction of sp³-hybridized carbons (Fsp3) is 0. The summed E-state index contributed by atoms with van der Waals surface area (Å²) in [7, 11) is 0. The van der Waals surface area contributed by atoms with Crippen molar-refractivity contribution >= 4 is 31.4 Å². The van der Waals surface area contributed by atoms with Crippen LogP contribution in [0.3, 0.4) is 0 Å². The Morgan fingerprint density at radius 2 is 0.862 bits per heavy atom. The van der Waals surface area contributed by atoms with Gasteiger partial charge in [0.25, 0.3) is 0 Å². The van der Waals surface area contributed by atoms with E-state index >= 15 is 0 Å². The van der Waals surface area contributed by atoms with Crippen LogP contribution in [-0.4, -0.2) is 28.1 Å². The van der Waals surface area contributed by atoms with Crippen molar-refractivity contribution in [1.82, 2.24) is 0 Å². The van der Waals surface area contributed by atoms with Crippen LogP contribution in [0.15, 0.2) is 84.9 Å². The molecule has 0 bridgehead atoms. The zero-order chi connectivity index (χ0) is 20.9. The standard InChI is InChI=1S/C12H10.C8H6O4.CH5N3.H2S/c1-3-7-11(8-4-1)12-9-5-2-6-10-12;9-7(10)5-3-1-2-4-6(5)8(11)12;2-1(3)4;/h1-10H;1-4H,(H,9,10)(H,11,12);(H5,2,3,4);1H2. The molecular weight excluding hydrogens is 390 g/mol. The van der Waals surface area contributed by atoms with Crippen LogP contribution in [0.2, 0.25) is 0 Å². The Balaban J connectivity index is 0.000000445. The highest BCUT2D eigenvalue weighted by atomic mass is 32.1. The van der Waals surface area contributed by atoms with E-state index in [0.29, 0.717) is 0 Å². The Hall–Kier alpha value is -3.78. The maximum atomic E-state index is 10.5. The SMILES string of the molecule is N=C(N)N.O=C(O)c1ccccc1C(=O)O.S.c1ccc(-c2ccccc2)cc1. The van der Waals surface area contributed by atoms with E-state index in [1.54, 1.807) is 0 Å². The first-order valence-electron chi connectivity index (χ1n) is 8.08. The number of carboxylic acids is 2. The number of benzene rings is 3. The molecule has 0 radical (unpaired) electrons. The van der Waals surface area contributed by atoms with Crippen LogP contribution in [0.25, 0.3) is 11.1 Å². The molecule has 0 saturated carbocycles. The quantitative estimate of drug-likeness (QED) is 0.328. The van der Waals surface area contributed by atoms with E-state index in [-0.39, 0.29) is 30.6 Å². The minimum Gasteiger partial charge on any atom is -0.478 e. The minimum absolute atomic E-state index is 0. The molecule has 0 aromatic heterocycles. The lowest BCUT2D eigenvalue weighted by atomic mass is 10.1. The van der Waals surface area contributed by atoms with Crippen LogP contribution < -0.4 is 11.5 Å². The molecule has 0 atom stereocenters. The molecule has 0 aliphatic carbocycles. The molecule has 3 aromatic rings. The third-order valence-corrected chi connectivity index (χ3v) is 3.27. The number of carboxylic acid groups (broad SMARTS) is 2. The van der Waals surface area contributed by atoms with Crippen molar-refractivity contribution < 1.29 is 19.8 Å². The second-order valence-electron chi connectivity index (χ2n) is 5.34. The van der Waals surface area contributed by atoms with Gasteiger partial charge >= 0.3 is 11.9 Å². The van der Waals surface area contributed by atoms with E-state index in [0.717, 1.165) is 0 Å². The summed E-state index contributed by atoms with van der Waals surface area (Å²) >= 11 is 0. The number of guanidine groups is 1. The van der Waals surface area contributed by atoms with Crippen molar-refractivity contribution in [3.63, 3.8) is 0 Å². The zero-order valence-corrected chi connectivity index (χ0v) is 16.4. The Morgan fingerprint density at radius 3 is 1.10 bits per heavy atom. The van der Waals surface area contributed by atoms with Gasteiger partial charge in [0.2, 0.25) is 0 Å². The van der Waals surface area contributed by atoms with Crippen molar-refractivity contribution in [3.05, 3.63) is 96.1 Å². The molecule has 7 N–H and O–H groups in total. The fourth-order valence-electron chi connectivity index (χ4n) is 2.12. The maximum absolute atomic E-state index is 10.5.